The average molecular weight is 540 g/mol. The van der Waals surface area contributed by atoms with Crippen LogP contribution in [-0.4, -0.2) is 48.2 Å². The molecule has 0 radical (unpaired) electrons. The van der Waals surface area contributed by atoms with Gasteiger partial charge < -0.3 is 14.6 Å². The van der Waals surface area contributed by atoms with E-state index in [-0.39, 0.29) is 23.4 Å². The number of morpholine rings is 1. The van der Waals surface area contributed by atoms with Crippen LogP contribution < -0.4 is 10.7 Å². The zero-order chi connectivity index (χ0) is 25.8. The second-order valence-electron chi connectivity index (χ2n) is 9.07. The number of rotatable bonds is 8. The van der Waals surface area contributed by atoms with Gasteiger partial charge in [0.1, 0.15) is 16.2 Å². The predicted octanol–water partition coefficient (Wildman–Crippen LogP) is 4.71. The molecular weight excluding hydrogens is 513 g/mol. The summed E-state index contributed by atoms with van der Waals surface area (Å²) in [5.74, 6) is -0.774. The highest BCUT2D eigenvalue weighted by atomic mass is 35.5. The van der Waals surface area contributed by atoms with E-state index >= 15 is 0 Å². The van der Waals surface area contributed by atoms with Crippen LogP contribution in [0.3, 0.4) is 0 Å². The molecule has 2 aromatic carbocycles. The van der Waals surface area contributed by atoms with Crippen LogP contribution in [0.4, 0.5) is 4.39 Å². The number of benzene rings is 2. The van der Waals surface area contributed by atoms with Gasteiger partial charge in [0.2, 0.25) is 5.43 Å². The molecule has 37 heavy (non-hydrogen) atoms. The third kappa shape index (κ3) is 6.27. The van der Waals surface area contributed by atoms with Gasteiger partial charge in [-0.3, -0.25) is 14.5 Å². The van der Waals surface area contributed by atoms with Gasteiger partial charge >= 0.3 is 0 Å². The van der Waals surface area contributed by atoms with Crippen molar-refractivity contribution < 1.29 is 13.9 Å². The first kappa shape index (κ1) is 25.6. The van der Waals surface area contributed by atoms with Gasteiger partial charge in [-0.2, -0.15) is 0 Å². The van der Waals surface area contributed by atoms with Crippen LogP contribution in [0.25, 0.3) is 10.2 Å². The minimum atomic E-state index is -0.448. The summed E-state index contributed by atoms with van der Waals surface area (Å²) in [6.07, 6.45) is 2.39. The highest BCUT2D eigenvalue weighted by Gasteiger charge is 2.19. The standard InChI is InChI=1S/C28H27ClFN3O3S/c29-21-6-4-19(5-7-21)16-31-27(35)25-18-33(17-20-2-1-3-22(30)14-20)28-24(26(25)34)15-23(37-28)8-9-32-10-12-36-13-11-32/h1-7,14-15,18H,8-13,16-17H2,(H,31,35). The number of hydrogen-bond donors (Lipinski definition) is 1. The second-order valence-corrected chi connectivity index (χ2v) is 10.6. The van der Waals surface area contributed by atoms with E-state index in [0.717, 1.165) is 60.1 Å². The van der Waals surface area contributed by atoms with Crippen molar-refractivity contribution in [3.05, 3.63) is 103 Å². The number of pyridine rings is 1. The molecule has 0 saturated carbocycles. The van der Waals surface area contributed by atoms with E-state index in [4.69, 9.17) is 16.3 Å². The van der Waals surface area contributed by atoms with Crippen LogP contribution in [-0.2, 0) is 24.2 Å². The summed E-state index contributed by atoms with van der Waals surface area (Å²) in [7, 11) is 0. The molecule has 0 unspecified atom stereocenters. The van der Waals surface area contributed by atoms with Crippen LogP contribution in [0.5, 0.6) is 0 Å². The van der Waals surface area contributed by atoms with Crippen molar-refractivity contribution in [3.63, 3.8) is 0 Å². The summed E-state index contributed by atoms with van der Waals surface area (Å²) in [5, 5.41) is 3.97. The number of hydrogen-bond acceptors (Lipinski definition) is 5. The number of carbonyl (C=O) groups is 1. The molecule has 0 atom stereocenters. The smallest absolute Gasteiger partial charge is 0.257 e. The molecule has 5 rings (SSSR count). The van der Waals surface area contributed by atoms with E-state index in [2.05, 4.69) is 10.2 Å². The topological polar surface area (TPSA) is 63.6 Å². The van der Waals surface area contributed by atoms with Crippen molar-refractivity contribution in [1.82, 2.24) is 14.8 Å². The molecule has 6 nitrogen and oxygen atoms in total. The van der Waals surface area contributed by atoms with E-state index < -0.39 is 5.91 Å². The normalized spacial score (nSPS) is 14.2. The fourth-order valence-electron chi connectivity index (χ4n) is 4.43. The highest BCUT2D eigenvalue weighted by Crippen LogP contribution is 2.26. The summed E-state index contributed by atoms with van der Waals surface area (Å²) >= 11 is 7.50. The van der Waals surface area contributed by atoms with Gasteiger partial charge in [0.15, 0.2) is 0 Å². The number of nitrogens with one attached hydrogen (secondary N) is 1. The van der Waals surface area contributed by atoms with Crippen molar-refractivity contribution in [3.8, 4) is 0 Å². The van der Waals surface area contributed by atoms with Crippen molar-refractivity contribution in [2.75, 3.05) is 32.8 Å². The highest BCUT2D eigenvalue weighted by molar-refractivity contribution is 7.18. The molecule has 0 aliphatic carbocycles. The van der Waals surface area contributed by atoms with E-state index in [0.29, 0.717) is 17.0 Å². The minimum Gasteiger partial charge on any atom is -0.379 e. The van der Waals surface area contributed by atoms with Crippen LogP contribution in [0, 0.1) is 5.82 Å². The quantitative estimate of drug-likeness (QED) is 0.352. The van der Waals surface area contributed by atoms with Gasteiger partial charge in [0.05, 0.1) is 18.6 Å². The molecule has 1 fully saturated rings. The lowest BCUT2D eigenvalue weighted by Crippen LogP contribution is -2.37. The lowest BCUT2D eigenvalue weighted by atomic mass is 10.1. The number of nitrogens with zero attached hydrogens (tertiary/aromatic N) is 2. The fourth-order valence-corrected chi connectivity index (χ4v) is 5.67. The molecule has 0 spiro atoms. The first-order valence-electron chi connectivity index (χ1n) is 12.2. The first-order chi connectivity index (χ1) is 18.0. The Bertz CT molecular complexity index is 1460. The van der Waals surface area contributed by atoms with Crippen LogP contribution in [0.1, 0.15) is 26.4 Å². The molecule has 2 aromatic heterocycles. The molecule has 192 valence electrons. The Morgan fingerprint density at radius 2 is 1.86 bits per heavy atom. The zero-order valence-electron chi connectivity index (χ0n) is 20.2. The average Bonchev–Trinajstić information content (AvgIpc) is 3.34. The minimum absolute atomic E-state index is 0.0652. The first-order valence-corrected chi connectivity index (χ1v) is 13.4. The molecule has 3 heterocycles. The van der Waals surface area contributed by atoms with Crippen LogP contribution in [0.2, 0.25) is 5.02 Å². The summed E-state index contributed by atoms with van der Waals surface area (Å²) in [6.45, 7) is 4.76. The maximum absolute atomic E-state index is 13.9. The van der Waals surface area contributed by atoms with E-state index in [1.165, 1.54) is 12.1 Å². The molecule has 4 aromatic rings. The monoisotopic (exact) mass is 539 g/mol. The van der Waals surface area contributed by atoms with Crippen molar-refractivity contribution >= 4 is 39.1 Å². The Balaban J connectivity index is 1.45. The van der Waals surface area contributed by atoms with Crippen LogP contribution >= 0.6 is 22.9 Å². The number of amides is 1. The van der Waals surface area contributed by atoms with Crippen LogP contribution in [0.15, 0.2) is 65.6 Å². The van der Waals surface area contributed by atoms with Crippen molar-refractivity contribution in [1.29, 1.82) is 0 Å². The van der Waals surface area contributed by atoms with Crippen molar-refractivity contribution in [2.45, 2.75) is 19.5 Å². The number of halogens is 2. The summed E-state index contributed by atoms with van der Waals surface area (Å²) in [6, 6.07) is 15.4. The lowest BCUT2D eigenvalue weighted by Gasteiger charge is -2.26. The Hall–Kier alpha value is -3.04. The summed E-state index contributed by atoms with van der Waals surface area (Å²) < 4.78 is 21.2. The molecule has 1 N–H and O–H groups in total. The Morgan fingerprint density at radius 1 is 1.08 bits per heavy atom. The predicted molar refractivity (Wildman–Crippen MR) is 145 cm³/mol. The van der Waals surface area contributed by atoms with Gasteiger partial charge in [-0.1, -0.05) is 35.9 Å². The van der Waals surface area contributed by atoms with Gasteiger partial charge in [-0.05, 0) is 47.9 Å². The van der Waals surface area contributed by atoms with E-state index in [9.17, 15) is 14.0 Å². The van der Waals surface area contributed by atoms with Gasteiger partial charge in [0.25, 0.3) is 5.91 Å². The molecule has 1 saturated heterocycles. The molecule has 1 aliphatic heterocycles. The number of thiophene rings is 1. The number of ether oxygens (including phenoxy) is 1. The fraction of sp³-hybridized carbons (Fsp3) is 0.286. The van der Waals surface area contributed by atoms with Crippen molar-refractivity contribution in [2.24, 2.45) is 0 Å². The van der Waals surface area contributed by atoms with Gasteiger partial charge in [-0.15, -0.1) is 11.3 Å². The Labute approximate surface area is 223 Å². The number of aromatic nitrogens is 1. The third-order valence-electron chi connectivity index (χ3n) is 6.43. The van der Waals surface area contributed by atoms with Gasteiger partial charge in [0, 0.05) is 48.8 Å². The van der Waals surface area contributed by atoms with E-state index in [1.54, 1.807) is 35.7 Å². The number of carbonyl (C=O) groups excluding carboxylic acids is 1. The molecule has 0 bridgehead atoms. The van der Waals surface area contributed by atoms with Gasteiger partial charge in [-0.25, -0.2) is 4.39 Å². The lowest BCUT2D eigenvalue weighted by molar-refractivity contribution is 0.0385. The maximum Gasteiger partial charge on any atom is 0.257 e. The molecule has 1 aliphatic rings. The molecule has 9 heteroatoms. The molecule has 1 amide bonds. The zero-order valence-corrected chi connectivity index (χ0v) is 21.8. The Morgan fingerprint density at radius 3 is 2.62 bits per heavy atom. The summed E-state index contributed by atoms with van der Waals surface area (Å²) in [5.41, 5.74) is 1.39. The molecular formula is C28H27ClFN3O3S. The van der Waals surface area contributed by atoms with E-state index in [1.807, 2.05) is 28.8 Å². The second kappa shape index (κ2) is 11.6. The maximum atomic E-state index is 13.9. The largest absolute Gasteiger partial charge is 0.379 e. The third-order valence-corrected chi connectivity index (χ3v) is 7.91. The number of fused-ring (bicyclic) bond motifs is 1. The summed E-state index contributed by atoms with van der Waals surface area (Å²) in [4.78, 5) is 30.8. The Kier molecular flexibility index (Phi) is 8.00. The SMILES string of the molecule is O=C(NCc1ccc(Cl)cc1)c1cn(Cc2cccc(F)c2)c2sc(CCN3CCOCC3)cc2c1=O.